The van der Waals surface area contributed by atoms with Crippen LogP contribution in [0.2, 0.25) is 15.1 Å². The van der Waals surface area contributed by atoms with Crippen molar-refractivity contribution in [3.63, 3.8) is 0 Å². The molecule has 14 nitrogen and oxygen atoms in total. The standard InChI is InChI=1S/C33H23ClN4O.C33H22ClN3O.C26H21ClN4O/c34-26-16-15-25-20-36-32(35)27(28(25)19-26)17-9-21-5-11-23(12-6-21)31(39)18-10-22-7-13-24(14-8-22)33-37-29-3-1-2-4-30(29)38-33;34-27-15-14-26-20-36-33(35)28(29(26)19-27)16-9-21-5-12-24(13-6-21)32(38)17-22-7-10-23(11-8-22)31-18-25-3-1-2-4-30(25)37-31;27-20-9-8-19-15-31-26(30)21(22(19)14-20)10-3-16-1-6-18(7-2-16)25(32)12-5-17-4-11-23(28)24(29)13-17/h1-8,11-16,19-20H,10,18H2,(H2,35,36)(H,37,38);1-8,10-15,19-20H,17-18H2,(H2,35,36);1-2,4,6-9,11,13-15H,5,12,28-29H2,(H2,30,31). The molecule has 0 amide bonds. The first-order valence-electron chi connectivity index (χ1n) is 34.9. The minimum absolute atomic E-state index is 0.0528. The average molecular weight is 1480 g/mol. The van der Waals surface area contributed by atoms with Gasteiger partial charge in [-0.2, -0.15) is 0 Å². The van der Waals surface area contributed by atoms with Crippen LogP contribution in [0.3, 0.4) is 0 Å². The molecule has 528 valence electrons. The Bertz CT molecular complexity index is 6240. The number of aliphatic imine (C=N–C) groups is 1. The van der Waals surface area contributed by atoms with Crippen LogP contribution in [0.5, 0.6) is 0 Å². The van der Waals surface area contributed by atoms with E-state index in [-0.39, 0.29) is 17.3 Å². The lowest BCUT2D eigenvalue weighted by atomic mass is 9.99. The predicted octanol–water partition coefficient (Wildman–Crippen LogP) is 19.1. The second-order valence-corrected chi connectivity index (χ2v) is 27.3. The second-order valence-electron chi connectivity index (χ2n) is 26.0. The lowest BCUT2D eigenvalue weighted by Gasteiger charge is -2.05. The van der Waals surface area contributed by atoms with Gasteiger partial charge in [-0.25, -0.2) is 19.9 Å². The van der Waals surface area contributed by atoms with E-state index in [1.165, 1.54) is 5.56 Å². The maximum Gasteiger partial charge on any atom is 0.167 e. The van der Waals surface area contributed by atoms with Gasteiger partial charge in [0.05, 0.1) is 50.5 Å². The first-order chi connectivity index (χ1) is 53.0. The monoisotopic (exact) mass is 1480 g/mol. The molecule has 4 aromatic heterocycles. The van der Waals surface area contributed by atoms with Gasteiger partial charge in [0.15, 0.2) is 17.3 Å². The van der Waals surface area contributed by atoms with Gasteiger partial charge in [0.2, 0.25) is 0 Å². The summed E-state index contributed by atoms with van der Waals surface area (Å²) < 4.78 is 0. The quantitative estimate of drug-likeness (QED) is 0.0358. The van der Waals surface area contributed by atoms with Gasteiger partial charge in [0, 0.05) is 131 Å². The fraction of sp³-hybridized carbons (Fsp3) is 0.0652. The van der Waals surface area contributed by atoms with Crippen LogP contribution in [-0.4, -0.2) is 48.0 Å². The van der Waals surface area contributed by atoms with Gasteiger partial charge in [-0.05, 0) is 144 Å². The first-order valence-corrected chi connectivity index (χ1v) is 36.0. The fourth-order valence-electron chi connectivity index (χ4n) is 12.5. The number of pyridine rings is 3. The zero-order valence-electron chi connectivity index (χ0n) is 58.6. The summed E-state index contributed by atoms with van der Waals surface area (Å²) in [6.45, 7) is 0. The summed E-state index contributed by atoms with van der Waals surface area (Å²) in [6.07, 6.45) is 8.35. The molecule has 0 unspecified atom stereocenters. The van der Waals surface area contributed by atoms with Crippen molar-refractivity contribution >= 4 is 136 Å². The molecule has 11 aromatic carbocycles. The SMILES string of the molecule is Nc1ccc(CCC(=O)c2ccc(C#Cc3c(N)ncc4ccc(Cl)cc34)cc2)cc1N.Nc1ncc2ccc(Cl)cc2c1C#Cc1ccc(C(=O)CCc2ccc(-c3nc4ccccc4[nH]3)cc2)cc1.Nc1ncc2ccc(Cl)cc2c1C#Cc1ccc(C(=O)Cc2ccc(C3=Nc4ccccc4C3)cc2)cc1. The highest BCUT2D eigenvalue weighted by atomic mass is 35.5. The molecule has 11 N–H and O–H groups in total. The van der Waals surface area contributed by atoms with Gasteiger partial charge < -0.3 is 33.7 Å². The first kappa shape index (κ1) is 72.3. The van der Waals surface area contributed by atoms with Gasteiger partial charge in [-0.3, -0.25) is 19.4 Å². The van der Waals surface area contributed by atoms with Gasteiger partial charge in [0.25, 0.3) is 0 Å². The minimum atomic E-state index is 0.0528. The van der Waals surface area contributed by atoms with Crippen LogP contribution < -0.4 is 28.7 Å². The third-order valence-electron chi connectivity index (χ3n) is 18.6. The van der Waals surface area contributed by atoms with Crippen LogP contribution in [0.15, 0.2) is 266 Å². The van der Waals surface area contributed by atoms with E-state index in [2.05, 4.69) is 78.6 Å². The van der Waals surface area contributed by atoms with E-state index in [1.807, 2.05) is 200 Å². The van der Waals surface area contributed by atoms with Crippen molar-refractivity contribution in [1.29, 1.82) is 0 Å². The van der Waals surface area contributed by atoms with Crippen molar-refractivity contribution in [2.75, 3.05) is 28.7 Å². The Hall–Kier alpha value is -13.7. The number of imidazole rings is 1. The lowest BCUT2D eigenvalue weighted by Crippen LogP contribution is -2.05. The van der Waals surface area contributed by atoms with Crippen LogP contribution >= 0.6 is 34.8 Å². The molecule has 0 spiro atoms. The number of benzene rings is 11. The van der Waals surface area contributed by atoms with E-state index >= 15 is 0 Å². The van der Waals surface area contributed by atoms with Crippen molar-refractivity contribution in [3.8, 4) is 46.9 Å². The van der Waals surface area contributed by atoms with Gasteiger partial charge >= 0.3 is 0 Å². The zero-order chi connectivity index (χ0) is 75.5. The molecular weight excluding hydrogens is 1410 g/mol. The molecule has 1 aliphatic heterocycles. The summed E-state index contributed by atoms with van der Waals surface area (Å²) >= 11 is 18.5. The number of hydrogen-bond acceptors (Lipinski definition) is 13. The zero-order valence-corrected chi connectivity index (χ0v) is 60.8. The molecule has 0 aliphatic carbocycles. The Morgan fingerprint density at radius 3 is 1.31 bits per heavy atom. The third-order valence-corrected chi connectivity index (χ3v) is 19.3. The van der Waals surface area contributed by atoms with Crippen LogP contribution in [0.25, 0.3) is 54.7 Å². The molecule has 109 heavy (non-hydrogen) atoms. The highest BCUT2D eigenvalue weighted by Crippen LogP contribution is 2.32. The second kappa shape index (κ2) is 32.8. The molecule has 0 atom stereocenters. The number of H-pyrrole nitrogens is 1. The number of carbonyl (C=O) groups excluding carboxylic acids is 3. The molecule has 0 radical (unpaired) electrons. The number of carbonyl (C=O) groups is 3. The number of nitrogens with two attached hydrogens (primary N) is 5. The van der Waals surface area contributed by atoms with E-state index in [4.69, 9.17) is 68.5 Å². The number of fused-ring (bicyclic) bond motifs is 5. The Kier molecular flexibility index (Phi) is 21.7. The van der Waals surface area contributed by atoms with Crippen molar-refractivity contribution in [1.82, 2.24) is 24.9 Å². The topological polar surface area (TPSA) is 261 Å². The lowest BCUT2D eigenvalue weighted by molar-refractivity contribution is 0.0975. The van der Waals surface area contributed by atoms with Gasteiger partial charge in [-0.1, -0.05) is 210 Å². The fourth-order valence-corrected chi connectivity index (χ4v) is 13.0. The number of aryl methyl sites for hydroxylation is 2. The number of nitrogen functional groups attached to an aromatic ring is 5. The number of aromatic amines is 1. The maximum absolute atomic E-state index is 12.9. The largest absolute Gasteiger partial charge is 0.397 e. The Morgan fingerprint density at radius 1 is 0.404 bits per heavy atom. The van der Waals surface area contributed by atoms with Crippen molar-refractivity contribution < 1.29 is 14.4 Å². The summed E-state index contributed by atoms with van der Waals surface area (Å²) in [4.78, 5) is 63.8. The molecule has 1 aliphatic rings. The maximum atomic E-state index is 12.9. The van der Waals surface area contributed by atoms with E-state index in [0.717, 1.165) is 112 Å². The number of ketones is 3. The Morgan fingerprint density at radius 2 is 0.835 bits per heavy atom. The van der Waals surface area contributed by atoms with E-state index in [9.17, 15) is 14.4 Å². The van der Waals surface area contributed by atoms with Crippen molar-refractivity contribution in [2.24, 2.45) is 4.99 Å². The number of nitrogens with one attached hydrogen (secondary N) is 1. The Balaban J connectivity index is 0.000000137. The Labute approximate surface area is 644 Å². The van der Waals surface area contributed by atoms with Gasteiger partial charge in [-0.15, -0.1) is 0 Å². The molecule has 0 saturated carbocycles. The van der Waals surface area contributed by atoms with E-state index in [1.54, 1.807) is 42.9 Å². The number of hydrogen-bond donors (Lipinski definition) is 6. The summed E-state index contributed by atoms with van der Waals surface area (Å²) in [5.74, 6) is 20.8. The van der Waals surface area contributed by atoms with E-state index in [0.29, 0.717) is 109 Å². The van der Waals surface area contributed by atoms with Crippen LogP contribution in [-0.2, 0) is 25.7 Å². The number of rotatable bonds is 13. The van der Waals surface area contributed by atoms with Crippen LogP contribution in [0.1, 0.15) is 105 Å². The number of Topliss-reactive ketones (excluding diaryl/α,β-unsaturated/α-hetero) is 3. The highest BCUT2D eigenvalue weighted by molar-refractivity contribution is 6.32. The molecule has 16 rings (SSSR count). The molecule has 0 fully saturated rings. The molecule has 0 bridgehead atoms. The number of para-hydroxylation sites is 3. The summed E-state index contributed by atoms with van der Waals surface area (Å²) in [5, 5.41) is 7.16. The highest BCUT2D eigenvalue weighted by Gasteiger charge is 2.18. The average Bonchev–Trinajstić information content (AvgIpc) is 1.81. The number of anilines is 5. The molecule has 15 aromatic rings. The van der Waals surface area contributed by atoms with Crippen LogP contribution in [0, 0.1) is 35.5 Å². The smallest absolute Gasteiger partial charge is 0.167 e. The summed E-state index contributed by atoms with van der Waals surface area (Å²) in [7, 11) is 0. The predicted molar refractivity (Wildman–Crippen MR) is 444 cm³/mol. The van der Waals surface area contributed by atoms with Crippen molar-refractivity contribution in [2.45, 2.75) is 38.5 Å². The normalized spacial score (nSPS) is 11.2. The number of nitrogens with zero attached hydrogens (tertiary/aromatic N) is 5. The number of halogens is 3. The van der Waals surface area contributed by atoms with Crippen LogP contribution in [0.4, 0.5) is 34.5 Å². The summed E-state index contributed by atoms with van der Waals surface area (Å²) in [6, 6.07) is 76.4. The third kappa shape index (κ3) is 17.5. The molecule has 17 heteroatoms. The molecule has 5 heterocycles. The molecular formula is C92H66Cl3N11O3. The van der Waals surface area contributed by atoms with E-state index < -0.39 is 0 Å². The van der Waals surface area contributed by atoms with Gasteiger partial charge in [0.1, 0.15) is 23.3 Å². The number of aromatic nitrogens is 5. The van der Waals surface area contributed by atoms with Crippen molar-refractivity contribution in [3.05, 3.63) is 354 Å². The summed E-state index contributed by atoms with van der Waals surface area (Å²) in [5.41, 5.74) is 47.5. The molecule has 0 saturated heterocycles. The minimum Gasteiger partial charge on any atom is -0.397 e.